The Morgan fingerprint density at radius 3 is 2.93 bits per heavy atom. The molecule has 9 nitrogen and oxygen atoms in total. The molecule has 4 N–H and O–H groups in total. The third-order valence-electron chi connectivity index (χ3n) is 4.16. The van der Waals surface area contributed by atoms with Crippen LogP contribution in [-0.4, -0.2) is 35.6 Å². The molecule has 4 aromatic rings. The number of benzene rings is 1. The summed E-state index contributed by atoms with van der Waals surface area (Å²) < 4.78 is 1.92. The normalized spacial score (nSPS) is 11.0. The number of hydrogen-bond acceptors (Lipinski definition) is 6. The molecule has 3 aromatic heterocycles. The molecule has 0 aliphatic carbocycles. The zero-order valence-electron chi connectivity index (χ0n) is 14.5. The van der Waals surface area contributed by atoms with E-state index >= 15 is 0 Å². The van der Waals surface area contributed by atoms with Gasteiger partial charge in [0.05, 0.1) is 11.0 Å². The van der Waals surface area contributed by atoms with Crippen molar-refractivity contribution in [2.45, 2.75) is 19.4 Å². The van der Waals surface area contributed by atoms with Crippen LogP contribution >= 0.6 is 0 Å². The average Bonchev–Trinajstić information content (AvgIpc) is 3.31. The van der Waals surface area contributed by atoms with Crippen molar-refractivity contribution in [3.63, 3.8) is 0 Å². The van der Waals surface area contributed by atoms with Gasteiger partial charge in [-0.1, -0.05) is 18.2 Å². The molecular weight excluding hydrogens is 344 g/mol. The van der Waals surface area contributed by atoms with E-state index in [0.717, 1.165) is 22.4 Å². The highest BCUT2D eigenvalue weighted by Gasteiger charge is 2.11. The Bertz CT molecular complexity index is 1080. The number of amides is 1. The lowest BCUT2D eigenvalue weighted by atomic mass is 10.2. The molecule has 1 aromatic carbocycles. The van der Waals surface area contributed by atoms with Gasteiger partial charge < -0.3 is 11.1 Å². The number of carbonyl (C=O) groups is 1. The molecule has 27 heavy (non-hydrogen) atoms. The van der Waals surface area contributed by atoms with Gasteiger partial charge in [-0.2, -0.15) is 4.98 Å². The molecule has 0 radical (unpaired) electrons. The van der Waals surface area contributed by atoms with E-state index in [1.807, 2.05) is 41.0 Å². The number of anilines is 1. The minimum absolute atomic E-state index is 0.0877. The Morgan fingerprint density at radius 1 is 1.19 bits per heavy atom. The van der Waals surface area contributed by atoms with Gasteiger partial charge in [0.15, 0.2) is 0 Å². The summed E-state index contributed by atoms with van der Waals surface area (Å²) >= 11 is 0. The number of nitrogen functional groups attached to an aromatic ring is 1. The summed E-state index contributed by atoms with van der Waals surface area (Å²) in [5.74, 6) is 1.43. The molecule has 0 aliphatic rings. The van der Waals surface area contributed by atoms with E-state index in [-0.39, 0.29) is 18.3 Å². The van der Waals surface area contributed by atoms with Crippen LogP contribution in [-0.2, 0) is 17.8 Å². The molecule has 0 saturated heterocycles. The van der Waals surface area contributed by atoms with Gasteiger partial charge in [-0.15, -0.1) is 5.10 Å². The van der Waals surface area contributed by atoms with E-state index in [2.05, 4.69) is 30.5 Å². The Kier molecular flexibility index (Phi) is 4.48. The van der Waals surface area contributed by atoms with Crippen LogP contribution in [0.5, 0.6) is 0 Å². The summed E-state index contributed by atoms with van der Waals surface area (Å²) in [4.78, 5) is 25.0. The first-order valence-corrected chi connectivity index (χ1v) is 8.50. The van der Waals surface area contributed by atoms with E-state index in [1.165, 1.54) is 0 Å². The number of fused-ring (bicyclic) bond motifs is 1. The maximum atomic E-state index is 12.2. The van der Waals surface area contributed by atoms with Crippen LogP contribution in [0.1, 0.15) is 17.8 Å². The summed E-state index contributed by atoms with van der Waals surface area (Å²) in [7, 11) is 0. The van der Waals surface area contributed by atoms with Crippen LogP contribution in [0.2, 0.25) is 0 Å². The Morgan fingerprint density at radius 2 is 2.07 bits per heavy atom. The van der Waals surface area contributed by atoms with Crippen molar-refractivity contribution in [1.29, 1.82) is 0 Å². The second-order valence-corrected chi connectivity index (χ2v) is 6.01. The van der Waals surface area contributed by atoms with Crippen LogP contribution < -0.4 is 11.1 Å². The van der Waals surface area contributed by atoms with Crippen molar-refractivity contribution in [1.82, 2.24) is 35.0 Å². The number of para-hydroxylation sites is 2. The van der Waals surface area contributed by atoms with Crippen LogP contribution in [0.25, 0.3) is 16.9 Å². The molecule has 3 heterocycles. The number of hydrogen-bond donors (Lipinski definition) is 3. The molecule has 9 heteroatoms. The minimum Gasteiger partial charge on any atom is -0.367 e. The van der Waals surface area contributed by atoms with Crippen molar-refractivity contribution >= 4 is 22.9 Å². The van der Waals surface area contributed by atoms with Gasteiger partial charge in [-0.25, -0.2) is 9.97 Å². The topological polar surface area (TPSA) is 127 Å². The first kappa shape index (κ1) is 16.7. The van der Waals surface area contributed by atoms with Gasteiger partial charge in [0.25, 0.3) is 0 Å². The van der Waals surface area contributed by atoms with Gasteiger partial charge in [0, 0.05) is 31.1 Å². The second kappa shape index (κ2) is 7.24. The third kappa shape index (κ3) is 3.61. The highest BCUT2D eigenvalue weighted by molar-refractivity contribution is 5.77. The molecule has 0 bridgehead atoms. The van der Waals surface area contributed by atoms with Crippen molar-refractivity contribution in [3.05, 3.63) is 60.3 Å². The number of nitrogens with one attached hydrogen (secondary N) is 2. The monoisotopic (exact) mass is 362 g/mol. The van der Waals surface area contributed by atoms with Crippen molar-refractivity contribution in [3.8, 4) is 5.82 Å². The highest BCUT2D eigenvalue weighted by atomic mass is 16.1. The second-order valence-electron chi connectivity index (χ2n) is 6.01. The number of pyridine rings is 1. The first-order valence-electron chi connectivity index (χ1n) is 8.50. The molecule has 0 atom stereocenters. The van der Waals surface area contributed by atoms with E-state index in [4.69, 9.17) is 5.73 Å². The van der Waals surface area contributed by atoms with Gasteiger partial charge in [0.1, 0.15) is 18.0 Å². The van der Waals surface area contributed by atoms with Gasteiger partial charge in [0.2, 0.25) is 11.9 Å². The Balaban J connectivity index is 1.46. The maximum Gasteiger partial charge on any atom is 0.239 e. The minimum atomic E-state index is -0.0877. The predicted octanol–water partition coefficient (Wildman–Crippen LogP) is 1.37. The van der Waals surface area contributed by atoms with E-state index in [0.29, 0.717) is 18.8 Å². The lowest BCUT2D eigenvalue weighted by molar-refractivity contribution is -0.121. The average molecular weight is 362 g/mol. The number of nitrogens with zero attached hydrogens (tertiary/aromatic N) is 5. The summed E-state index contributed by atoms with van der Waals surface area (Å²) in [5.41, 5.74) is 8.21. The van der Waals surface area contributed by atoms with Crippen molar-refractivity contribution < 1.29 is 4.79 Å². The summed E-state index contributed by atoms with van der Waals surface area (Å²) in [5, 5.41) is 9.36. The van der Waals surface area contributed by atoms with Gasteiger partial charge >= 0.3 is 0 Å². The fraction of sp³-hybridized carbons (Fsp3) is 0.167. The molecule has 1 amide bonds. The van der Waals surface area contributed by atoms with E-state index in [9.17, 15) is 4.79 Å². The van der Waals surface area contributed by atoms with Crippen LogP contribution in [0.4, 0.5) is 5.95 Å². The van der Waals surface area contributed by atoms with Crippen LogP contribution in [0.15, 0.2) is 48.9 Å². The number of rotatable bonds is 6. The number of H-pyrrole nitrogens is 1. The van der Waals surface area contributed by atoms with E-state index in [1.54, 1.807) is 12.5 Å². The molecule has 4 rings (SSSR count). The maximum absolute atomic E-state index is 12.2. The number of imidazole rings is 1. The number of carbonyl (C=O) groups excluding carboxylic acids is 1. The highest BCUT2D eigenvalue weighted by Crippen LogP contribution is 2.19. The largest absolute Gasteiger partial charge is 0.367 e. The molecular formula is C18H18N8O. The zero-order valence-corrected chi connectivity index (χ0v) is 14.5. The van der Waals surface area contributed by atoms with Gasteiger partial charge in [-0.3, -0.25) is 14.5 Å². The number of aromatic amines is 1. The summed E-state index contributed by atoms with van der Waals surface area (Å²) in [6.45, 7) is 0.368. The number of nitrogens with two attached hydrogens (primary N) is 1. The molecule has 136 valence electrons. The lowest BCUT2D eigenvalue weighted by Crippen LogP contribution is -2.24. The van der Waals surface area contributed by atoms with E-state index < -0.39 is 0 Å². The van der Waals surface area contributed by atoms with Crippen LogP contribution in [0, 0.1) is 0 Å². The van der Waals surface area contributed by atoms with Gasteiger partial charge in [-0.05, 0) is 18.2 Å². The fourth-order valence-electron chi connectivity index (χ4n) is 2.85. The quantitative estimate of drug-likeness (QED) is 0.475. The fourth-order valence-corrected chi connectivity index (χ4v) is 2.85. The standard InChI is InChI=1S/C18H18N8O/c19-18-23-15(24-25-18)7-8-16(27)21-10-12-4-3-9-20-17(12)26-11-22-13-5-1-2-6-14(13)26/h1-6,9,11H,7-8,10H2,(H,21,27)(H3,19,23,24,25). The Hall–Kier alpha value is -3.75. The number of aryl methyl sites for hydroxylation is 1. The number of aromatic nitrogens is 6. The third-order valence-corrected chi connectivity index (χ3v) is 4.16. The van der Waals surface area contributed by atoms with Crippen molar-refractivity contribution in [2.75, 3.05) is 5.73 Å². The predicted molar refractivity (Wildman–Crippen MR) is 99.8 cm³/mol. The first-order chi connectivity index (χ1) is 13.2. The van der Waals surface area contributed by atoms with Crippen LogP contribution in [0.3, 0.4) is 0 Å². The molecule has 0 fully saturated rings. The molecule has 0 aliphatic heterocycles. The smallest absolute Gasteiger partial charge is 0.239 e. The summed E-state index contributed by atoms with van der Waals surface area (Å²) in [6, 6.07) is 11.6. The zero-order chi connectivity index (χ0) is 18.6. The lowest BCUT2D eigenvalue weighted by Gasteiger charge is -2.11. The molecule has 0 unspecified atom stereocenters. The summed E-state index contributed by atoms with van der Waals surface area (Å²) in [6.07, 6.45) is 4.21. The van der Waals surface area contributed by atoms with Crippen molar-refractivity contribution in [2.24, 2.45) is 0 Å². The SMILES string of the molecule is Nc1n[nH]c(CCC(=O)NCc2cccnc2-n2cnc3ccccc32)n1. The Labute approximate surface area is 154 Å². The molecule has 0 saturated carbocycles. The molecule has 0 spiro atoms.